The molecule has 7 heteroatoms. The Morgan fingerprint density at radius 2 is 1.76 bits per heavy atom. The first-order valence-electron chi connectivity index (χ1n) is 6.96. The second-order valence-corrected chi connectivity index (χ2v) is 6.31. The topological polar surface area (TPSA) is 75.3 Å². The average molecular weight is 320 g/mol. The van der Waals surface area contributed by atoms with E-state index in [0.717, 1.165) is 0 Å². The summed E-state index contributed by atoms with van der Waals surface area (Å²) >= 11 is 1.52. The van der Waals surface area contributed by atoms with Crippen LogP contribution in [0.5, 0.6) is 0 Å². The number of alkyl halides is 1. The van der Waals surface area contributed by atoms with Gasteiger partial charge in [0.15, 0.2) is 5.78 Å². The molecule has 0 rings (SSSR count). The monoisotopic (exact) mass is 320 g/mol. The molecule has 0 aliphatic carbocycles. The number of hydrogen-bond donors (Lipinski definition) is 2. The smallest absolute Gasteiger partial charge is 0.243 e. The summed E-state index contributed by atoms with van der Waals surface area (Å²) < 4.78 is 12.6. The molecule has 122 valence electrons. The standard InChI is InChI=1S/C14H25FN2O3S/c1-9(2)7-12(16-10(3)18)14(20)17-11(5-6-21-4)13(19)8-15/h9,11-12H,5-8H2,1-4H3,(H,16,18)(H,17,20)/t11-,12-/m0/s1. The summed E-state index contributed by atoms with van der Waals surface area (Å²) in [5, 5.41) is 5.12. The third-order valence-corrected chi connectivity index (χ3v) is 3.49. The van der Waals surface area contributed by atoms with E-state index >= 15 is 0 Å². The zero-order valence-electron chi connectivity index (χ0n) is 13.1. The Bertz CT molecular complexity index is 364. The van der Waals surface area contributed by atoms with E-state index in [9.17, 15) is 18.8 Å². The molecular formula is C14H25FN2O3S. The molecule has 21 heavy (non-hydrogen) atoms. The van der Waals surface area contributed by atoms with Crippen LogP contribution in [0.4, 0.5) is 4.39 Å². The molecule has 2 N–H and O–H groups in total. The van der Waals surface area contributed by atoms with E-state index < -0.39 is 30.4 Å². The van der Waals surface area contributed by atoms with Crippen LogP contribution in [0.1, 0.15) is 33.6 Å². The maximum Gasteiger partial charge on any atom is 0.243 e. The lowest BCUT2D eigenvalue weighted by Gasteiger charge is -2.23. The summed E-state index contributed by atoms with van der Waals surface area (Å²) in [5.74, 6) is -0.538. The molecule has 0 spiro atoms. The van der Waals surface area contributed by atoms with E-state index in [0.29, 0.717) is 18.6 Å². The maximum atomic E-state index is 12.6. The van der Waals surface area contributed by atoms with Gasteiger partial charge in [0.05, 0.1) is 6.04 Å². The molecule has 0 fully saturated rings. The van der Waals surface area contributed by atoms with E-state index in [-0.39, 0.29) is 11.8 Å². The van der Waals surface area contributed by atoms with Gasteiger partial charge in [-0.1, -0.05) is 13.8 Å². The highest BCUT2D eigenvalue weighted by Gasteiger charge is 2.26. The quantitative estimate of drug-likeness (QED) is 0.636. The zero-order valence-corrected chi connectivity index (χ0v) is 13.9. The van der Waals surface area contributed by atoms with Gasteiger partial charge in [0.1, 0.15) is 12.7 Å². The Morgan fingerprint density at radius 3 is 2.19 bits per heavy atom. The number of nitrogens with one attached hydrogen (secondary N) is 2. The van der Waals surface area contributed by atoms with Gasteiger partial charge < -0.3 is 10.6 Å². The van der Waals surface area contributed by atoms with Crippen LogP contribution >= 0.6 is 11.8 Å². The molecule has 2 atom stereocenters. The van der Waals surface area contributed by atoms with E-state index in [1.807, 2.05) is 20.1 Å². The van der Waals surface area contributed by atoms with Crippen LogP contribution in [0.25, 0.3) is 0 Å². The number of ketones is 1. The summed E-state index contributed by atoms with van der Waals surface area (Å²) in [7, 11) is 0. The van der Waals surface area contributed by atoms with Crippen LogP contribution in [-0.2, 0) is 14.4 Å². The lowest BCUT2D eigenvalue weighted by Crippen LogP contribution is -2.52. The number of amides is 2. The van der Waals surface area contributed by atoms with Crippen LogP contribution in [0.2, 0.25) is 0 Å². The van der Waals surface area contributed by atoms with Crippen molar-refractivity contribution < 1.29 is 18.8 Å². The first-order valence-corrected chi connectivity index (χ1v) is 8.36. The normalized spacial score (nSPS) is 13.6. The van der Waals surface area contributed by atoms with Crippen molar-refractivity contribution in [3.63, 3.8) is 0 Å². The number of rotatable bonds is 10. The van der Waals surface area contributed by atoms with Gasteiger partial charge in [0.25, 0.3) is 0 Å². The lowest BCUT2D eigenvalue weighted by molar-refractivity contribution is -0.131. The van der Waals surface area contributed by atoms with Crippen LogP contribution < -0.4 is 10.6 Å². The predicted molar refractivity (Wildman–Crippen MR) is 83.0 cm³/mol. The summed E-state index contributed by atoms with van der Waals surface area (Å²) in [4.78, 5) is 34.9. The van der Waals surface area contributed by atoms with Gasteiger partial charge in [0.2, 0.25) is 11.8 Å². The Labute approximate surface area is 129 Å². The second kappa shape index (κ2) is 10.6. The first-order chi connectivity index (χ1) is 9.81. The Hall–Kier alpha value is -1.11. The predicted octanol–water partition coefficient (Wildman–Crippen LogP) is 1.31. The average Bonchev–Trinajstić information content (AvgIpc) is 2.40. The molecule has 2 amide bonds. The highest BCUT2D eigenvalue weighted by atomic mass is 32.2. The number of carbonyl (C=O) groups is 3. The van der Waals surface area contributed by atoms with Crippen LogP contribution in [0, 0.1) is 5.92 Å². The van der Waals surface area contributed by atoms with Crippen LogP contribution in [0.15, 0.2) is 0 Å². The van der Waals surface area contributed by atoms with Crippen molar-refractivity contribution in [1.29, 1.82) is 0 Å². The van der Waals surface area contributed by atoms with Crippen molar-refractivity contribution in [3.05, 3.63) is 0 Å². The summed E-state index contributed by atoms with van der Waals surface area (Å²) in [6.07, 6.45) is 2.71. The fourth-order valence-corrected chi connectivity index (χ4v) is 2.33. The summed E-state index contributed by atoms with van der Waals surface area (Å²) in [5.41, 5.74) is 0. The third kappa shape index (κ3) is 8.70. The van der Waals surface area contributed by atoms with E-state index in [4.69, 9.17) is 0 Å². The Morgan fingerprint density at radius 1 is 1.14 bits per heavy atom. The van der Waals surface area contributed by atoms with E-state index in [1.165, 1.54) is 18.7 Å². The van der Waals surface area contributed by atoms with Crippen molar-refractivity contribution in [2.24, 2.45) is 5.92 Å². The number of Topliss-reactive ketones (excluding diaryl/α,β-unsaturated/α-hetero) is 1. The number of thioether (sulfide) groups is 1. The van der Waals surface area contributed by atoms with E-state index in [2.05, 4.69) is 10.6 Å². The highest BCUT2D eigenvalue weighted by molar-refractivity contribution is 7.98. The zero-order chi connectivity index (χ0) is 16.4. The van der Waals surface area contributed by atoms with Gasteiger partial charge in [-0.3, -0.25) is 14.4 Å². The van der Waals surface area contributed by atoms with Crippen LogP contribution in [0.3, 0.4) is 0 Å². The van der Waals surface area contributed by atoms with Crippen molar-refractivity contribution in [2.75, 3.05) is 18.7 Å². The fraction of sp³-hybridized carbons (Fsp3) is 0.786. The maximum absolute atomic E-state index is 12.6. The van der Waals surface area contributed by atoms with E-state index in [1.54, 1.807) is 0 Å². The highest BCUT2D eigenvalue weighted by Crippen LogP contribution is 2.07. The molecule has 0 saturated heterocycles. The minimum absolute atomic E-state index is 0.203. The molecule has 0 saturated carbocycles. The number of hydrogen-bond acceptors (Lipinski definition) is 4. The van der Waals surface area contributed by atoms with Crippen molar-refractivity contribution in [2.45, 2.75) is 45.7 Å². The molecular weight excluding hydrogens is 295 g/mol. The minimum atomic E-state index is -1.10. The van der Waals surface area contributed by atoms with Gasteiger partial charge in [0, 0.05) is 6.92 Å². The number of halogens is 1. The Balaban J connectivity index is 4.79. The first kappa shape index (κ1) is 19.9. The van der Waals surface area contributed by atoms with Crippen LogP contribution in [-0.4, -0.2) is 48.4 Å². The second-order valence-electron chi connectivity index (χ2n) is 5.33. The molecule has 0 bridgehead atoms. The summed E-state index contributed by atoms with van der Waals surface area (Å²) in [6.45, 7) is 4.09. The van der Waals surface area contributed by atoms with Gasteiger partial charge in [-0.15, -0.1) is 0 Å². The summed E-state index contributed by atoms with van der Waals surface area (Å²) in [6, 6.07) is -1.54. The SMILES string of the molecule is CSCC[C@H](NC(=O)[C@H](CC(C)C)NC(C)=O)C(=O)CF. The Kier molecular flexibility index (Phi) is 10.0. The molecule has 0 unspecified atom stereocenters. The van der Waals surface area contributed by atoms with Gasteiger partial charge >= 0.3 is 0 Å². The minimum Gasteiger partial charge on any atom is -0.345 e. The largest absolute Gasteiger partial charge is 0.345 e. The molecule has 5 nitrogen and oxygen atoms in total. The van der Waals surface area contributed by atoms with Gasteiger partial charge in [-0.25, -0.2) is 4.39 Å². The molecule has 0 aromatic rings. The molecule has 0 heterocycles. The van der Waals surface area contributed by atoms with Crippen molar-refractivity contribution in [1.82, 2.24) is 10.6 Å². The molecule has 0 radical (unpaired) electrons. The molecule has 0 aliphatic rings. The lowest BCUT2D eigenvalue weighted by atomic mass is 10.0. The number of carbonyl (C=O) groups excluding carboxylic acids is 3. The van der Waals surface area contributed by atoms with Crippen molar-refractivity contribution >= 4 is 29.4 Å². The molecule has 0 aliphatic heterocycles. The van der Waals surface area contributed by atoms with Gasteiger partial charge in [-0.05, 0) is 30.8 Å². The fourth-order valence-electron chi connectivity index (χ4n) is 1.86. The van der Waals surface area contributed by atoms with Crippen molar-refractivity contribution in [3.8, 4) is 0 Å². The molecule has 0 aromatic carbocycles. The van der Waals surface area contributed by atoms with Gasteiger partial charge in [-0.2, -0.15) is 11.8 Å². The third-order valence-electron chi connectivity index (χ3n) is 2.85. The molecule has 0 aromatic heterocycles.